The number of β-amino-alcohol motifs (C(OH)–C–C–N with tert-alkyl or cyclic N) is 1. The van der Waals surface area contributed by atoms with Crippen molar-refractivity contribution in [3.63, 3.8) is 0 Å². The number of carbonyl (C=O) groups is 2. The number of hydrogen-bond donors (Lipinski definition) is 1. The number of piperidine rings is 1. The third-order valence-electron chi connectivity index (χ3n) is 3.15. The van der Waals surface area contributed by atoms with Gasteiger partial charge < -0.3 is 5.11 Å². The zero-order valence-corrected chi connectivity index (χ0v) is 11.2. The molecule has 4 nitrogen and oxygen atoms in total. The Balaban J connectivity index is 2.72. The number of carbonyl (C=O) groups excluding carboxylic acids is 2. The lowest BCUT2D eigenvalue weighted by atomic mass is 9.81. The van der Waals surface area contributed by atoms with Gasteiger partial charge >= 0.3 is 0 Å². The van der Waals surface area contributed by atoms with Gasteiger partial charge in [-0.3, -0.25) is 14.5 Å². The summed E-state index contributed by atoms with van der Waals surface area (Å²) in [5.41, 5.74) is -1.22. The van der Waals surface area contributed by atoms with Crippen molar-refractivity contribution >= 4 is 11.8 Å². The van der Waals surface area contributed by atoms with E-state index in [0.717, 1.165) is 6.42 Å². The molecule has 0 bridgehead atoms. The maximum absolute atomic E-state index is 11.9. The number of likely N-dealkylation sites (tertiary alicyclic amines) is 1. The second-order valence-electron chi connectivity index (χ2n) is 6.14. The second kappa shape index (κ2) is 4.77. The minimum absolute atomic E-state index is 0.120. The fourth-order valence-corrected chi connectivity index (χ4v) is 2.35. The van der Waals surface area contributed by atoms with Crippen molar-refractivity contribution in [2.45, 2.75) is 59.0 Å². The van der Waals surface area contributed by atoms with Crippen molar-refractivity contribution in [1.29, 1.82) is 0 Å². The molecule has 98 valence electrons. The minimum Gasteiger partial charge on any atom is -0.388 e. The lowest BCUT2D eigenvalue weighted by molar-refractivity contribution is -0.156. The van der Waals surface area contributed by atoms with Crippen LogP contribution < -0.4 is 0 Å². The van der Waals surface area contributed by atoms with Gasteiger partial charge in [-0.25, -0.2) is 0 Å². The van der Waals surface area contributed by atoms with Gasteiger partial charge in [0.25, 0.3) is 0 Å². The predicted octanol–water partition coefficient (Wildman–Crippen LogP) is 1.71. The fraction of sp³-hybridized carbons (Fsp3) is 0.846. The first-order valence-electron chi connectivity index (χ1n) is 6.22. The molecule has 0 aromatic carbocycles. The predicted molar refractivity (Wildman–Crippen MR) is 65.3 cm³/mol. The Bertz CT molecular complexity index is 301. The van der Waals surface area contributed by atoms with Crippen LogP contribution >= 0.6 is 0 Å². The van der Waals surface area contributed by atoms with Gasteiger partial charge in [0.15, 0.2) is 0 Å². The average Bonchev–Trinajstić information content (AvgIpc) is 2.10. The van der Waals surface area contributed by atoms with Gasteiger partial charge in [-0.15, -0.1) is 0 Å². The van der Waals surface area contributed by atoms with Crippen molar-refractivity contribution in [3.8, 4) is 0 Å². The molecule has 1 atom stereocenters. The molecule has 0 aliphatic carbocycles. The first-order chi connectivity index (χ1) is 7.67. The normalized spacial score (nSPS) is 23.7. The Kier molecular flexibility index (Phi) is 3.97. The SMILES string of the molecule is CCCC(C)(O)CN1C(=O)CC(C)(C)CC1=O. The summed E-state index contributed by atoms with van der Waals surface area (Å²) in [5, 5.41) is 10.1. The van der Waals surface area contributed by atoms with Crippen molar-refractivity contribution in [1.82, 2.24) is 4.90 Å². The van der Waals surface area contributed by atoms with E-state index in [4.69, 9.17) is 0 Å². The van der Waals surface area contributed by atoms with E-state index in [1.807, 2.05) is 20.8 Å². The van der Waals surface area contributed by atoms with Gasteiger partial charge in [0.1, 0.15) is 0 Å². The number of aliphatic hydroxyl groups is 1. The summed E-state index contributed by atoms with van der Waals surface area (Å²) >= 11 is 0. The molecular weight excluding hydrogens is 218 g/mol. The van der Waals surface area contributed by atoms with E-state index < -0.39 is 5.60 Å². The molecule has 1 heterocycles. The maximum atomic E-state index is 11.9. The highest BCUT2D eigenvalue weighted by atomic mass is 16.3. The van der Waals surface area contributed by atoms with Gasteiger partial charge in [0, 0.05) is 12.8 Å². The molecule has 1 saturated heterocycles. The van der Waals surface area contributed by atoms with E-state index in [0.29, 0.717) is 19.3 Å². The molecule has 2 amide bonds. The highest BCUT2D eigenvalue weighted by Gasteiger charge is 2.39. The number of amides is 2. The summed E-state index contributed by atoms with van der Waals surface area (Å²) < 4.78 is 0. The third kappa shape index (κ3) is 3.80. The minimum atomic E-state index is -0.971. The molecule has 4 heteroatoms. The number of hydrogen-bond acceptors (Lipinski definition) is 3. The van der Waals surface area contributed by atoms with E-state index in [1.165, 1.54) is 4.90 Å². The molecule has 1 N–H and O–H groups in total. The van der Waals surface area contributed by atoms with E-state index in [9.17, 15) is 14.7 Å². The maximum Gasteiger partial charge on any atom is 0.229 e. The lowest BCUT2D eigenvalue weighted by Gasteiger charge is -2.38. The van der Waals surface area contributed by atoms with Crippen LogP contribution in [0.15, 0.2) is 0 Å². The van der Waals surface area contributed by atoms with E-state index in [1.54, 1.807) is 6.92 Å². The molecule has 17 heavy (non-hydrogen) atoms. The molecule has 0 aromatic heterocycles. The van der Waals surface area contributed by atoms with Crippen LogP contribution in [0.25, 0.3) is 0 Å². The van der Waals surface area contributed by atoms with Crippen LogP contribution in [0.4, 0.5) is 0 Å². The number of nitrogens with zero attached hydrogens (tertiary/aromatic N) is 1. The quantitative estimate of drug-likeness (QED) is 0.762. The Morgan fingerprint density at radius 1 is 1.29 bits per heavy atom. The average molecular weight is 241 g/mol. The van der Waals surface area contributed by atoms with E-state index >= 15 is 0 Å². The summed E-state index contributed by atoms with van der Waals surface area (Å²) in [6.45, 7) is 7.61. The van der Waals surface area contributed by atoms with Gasteiger partial charge in [0.05, 0.1) is 12.1 Å². The molecule has 1 aliphatic rings. The summed E-state index contributed by atoms with van der Waals surface area (Å²) in [6, 6.07) is 0. The van der Waals surface area contributed by atoms with Crippen LogP contribution in [0.1, 0.15) is 53.4 Å². The first kappa shape index (κ1) is 14.2. The summed E-state index contributed by atoms with van der Waals surface area (Å²) in [7, 11) is 0. The monoisotopic (exact) mass is 241 g/mol. The van der Waals surface area contributed by atoms with Gasteiger partial charge in [0.2, 0.25) is 11.8 Å². The Hall–Kier alpha value is -0.900. The molecule has 1 fully saturated rings. The van der Waals surface area contributed by atoms with E-state index in [2.05, 4.69) is 0 Å². The zero-order valence-electron chi connectivity index (χ0n) is 11.2. The zero-order chi connectivity index (χ0) is 13.3. The Morgan fingerprint density at radius 2 is 1.76 bits per heavy atom. The summed E-state index contributed by atoms with van der Waals surface area (Å²) in [6.07, 6.45) is 2.17. The van der Waals surface area contributed by atoms with Gasteiger partial charge in [-0.05, 0) is 18.8 Å². The molecule has 1 aliphatic heterocycles. The molecule has 0 spiro atoms. The third-order valence-corrected chi connectivity index (χ3v) is 3.15. The Labute approximate surface area is 103 Å². The summed E-state index contributed by atoms with van der Waals surface area (Å²) in [5.74, 6) is -0.328. The topological polar surface area (TPSA) is 57.6 Å². The lowest BCUT2D eigenvalue weighted by Crippen LogP contribution is -2.52. The van der Waals surface area contributed by atoms with Crippen LogP contribution in [0.2, 0.25) is 0 Å². The fourth-order valence-electron chi connectivity index (χ4n) is 2.35. The largest absolute Gasteiger partial charge is 0.388 e. The number of imide groups is 1. The van der Waals surface area contributed by atoms with Gasteiger partial charge in [-0.2, -0.15) is 0 Å². The Morgan fingerprint density at radius 3 is 2.18 bits per heavy atom. The molecule has 1 unspecified atom stereocenters. The standard InChI is InChI=1S/C13H23NO3/c1-5-6-13(4,17)9-14-10(15)7-12(2,3)8-11(14)16/h17H,5-9H2,1-4H3. The molecule has 0 radical (unpaired) electrons. The van der Waals surface area contributed by atoms with Crippen LogP contribution in [-0.4, -0.2) is 34.0 Å². The van der Waals surface area contributed by atoms with Crippen LogP contribution in [-0.2, 0) is 9.59 Å². The highest BCUT2D eigenvalue weighted by molar-refractivity contribution is 5.98. The van der Waals surface area contributed by atoms with Crippen molar-refractivity contribution in [3.05, 3.63) is 0 Å². The van der Waals surface area contributed by atoms with Crippen LogP contribution in [0.5, 0.6) is 0 Å². The van der Waals surface area contributed by atoms with Crippen LogP contribution in [0, 0.1) is 5.41 Å². The second-order valence-corrected chi connectivity index (χ2v) is 6.14. The molecule has 0 aromatic rings. The van der Waals surface area contributed by atoms with Crippen LogP contribution in [0.3, 0.4) is 0 Å². The highest BCUT2D eigenvalue weighted by Crippen LogP contribution is 2.32. The van der Waals surface area contributed by atoms with Crippen molar-refractivity contribution in [2.24, 2.45) is 5.41 Å². The van der Waals surface area contributed by atoms with Crippen molar-refractivity contribution in [2.75, 3.05) is 6.54 Å². The molecule has 0 saturated carbocycles. The number of rotatable bonds is 4. The molecule has 1 rings (SSSR count). The van der Waals surface area contributed by atoms with E-state index in [-0.39, 0.29) is 23.8 Å². The first-order valence-corrected chi connectivity index (χ1v) is 6.22. The van der Waals surface area contributed by atoms with Gasteiger partial charge in [-0.1, -0.05) is 27.2 Å². The summed E-state index contributed by atoms with van der Waals surface area (Å²) in [4.78, 5) is 25.0. The smallest absolute Gasteiger partial charge is 0.229 e. The molecular formula is C13H23NO3. The van der Waals surface area contributed by atoms with Crippen molar-refractivity contribution < 1.29 is 14.7 Å².